The van der Waals surface area contributed by atoms with Crippen LogP contribution in [0, 0.1) is 20.8 Å². The molecule has 3 rings (SSSR count). The number of hydrogen-bond donors (Lipinski definition) is 0. The third-order valence-corrected chi connectivity index (χ3v) is 7.37. The lowest BCUT2D eigenvalue weighted by Gasteiger charge is -2.21. The Balaban J connectivity index is 2.09. The standard InChI is InChI=1S/C26H32N2O3S/c1-17-13-18(2)25(19(3)14-17)20(4)28-22(15-24(27-28)26(5,6)7)23(29)16-32(30,31)21-11-9-8-10-12-21/h8-15,20H,16H2,1-7H3. The lowest BCUT2D eigenvalue weighted by molar-refractivity contribution is 0.100. The molecule has 1 heterocycles. The average molecular weight is 453 g/mol. The maximum atomic E-state index is 13.3. The number of benzene rings is 2. The fourth-order valence-corrected chi connectivity index (χ4v) is 5.43. The molecule has 0 aliphatic heterocycles. The highest BCUT2D eigenvalue weighted by molar-refractivity contribution is 7.92. The van der Waals surface area contributed by atoms with Gasteiger partial charge in [0.05, 0.1) is 16.6 Å². The minimum absolute atomic E-state index is 0.147. The number of Topliss-reactive ketones (excluding diaryl/α,β-unsaturated/α-hetero) is 1. The summed E-state index contributed by atoms with van der Waals surface area (Å²) in [6.07, 6.45) is 0. The monoisotopic (exact) mass is 452 g/mol. The second-order valence-electron chi connectivity index (χ2n) is 9.59. The van der Waals surface area contributed by atoms with Crippen LogP contribution in [0.4, 0.5) is 0 Å². The zero-order valence-electron chi connectivity index (χ0n) is 19.9. The first kappa shape index (κ1) is 23.9. The summed E-state index contributed by atoms with van der Waals surface area (Å²) in [5.41, 5.74) is 5.32. The SMILES string of the molecule is Cc1cc(C)c(C(C)n2nc(C(C)(C)C)cc2C(=O)CS(=O)(=O)c2ccccc2)c(C)c1. The number of hydrogen-bond acceptors (Lipinski definition) is 4. The second kappa shape index (κ2) is 8.66. The summed E-state index contributed by atoms with van der Waals surface area (Å²) in [5.74, 6) is -1.05. The number of nitrogens with zero attached hydrogens (tertiary/aromatic N) is 2. The van der Waals surface area contributed by atoms with E-state index < -0.39 is 21.4 Å². The molecule has 1 atom stereocenters. The van der Waals surface area contributed by atoms with Gasteiger partial charge < -0.3 is 0 Å². The molecule has 0 saturated heterocycles. The van der Waals surface area contributed by atoms with Crippen LogP contribution in [0.1, 0.15) is 72.2 Å². The van der Waals surface area contributed by atoms with E-state index in [2.05, 4.69) is 32.9 Å². The molecule has 32 heavy (non-hydrogen) atoms. The molecule has 0 amide bonds. The summed E-state index contributed by atoms with van der Waals surface area (Å²) in [6, 6.07) is 13.9. The van der Waals surface area contributed by atoms with Crippen LogP contribution in [0.5, 0.6) is 0 Å². The van der Waals surface area contributed by atoms with E-state index in [1.165, 1.54) is 17.7 Å². The van der Waals surface area contributed by atoms with Gasteiger partial charge in [0.25, 0.3) is 0 Å². The fraction of sp³-hybridized carbons (Fsp3) is 0.385. The Morgan fingerprint density at radius 2 is 1.56 bits per heavy atom. The van der Waals surface area contributed by atoms with E-state index >= 15 is 0 Å². The summed E-state index contributed by atoms with van der Waals surface area (Å²) in [5, 5.41) is 4.79. The van der Waals surface area contributed by atoms with Crippen molar-refractivity contribution in [3.8, 4) is 0 Å². The fourth-order valence-electron chi connectivity index (χ4n) is 4.19. The van der Waals surface area contributed by atoms with Crippen LogP contribution in [-0.4, -0.2) is 29.7 Å². The van der Waals surface area contributed by atoms with Crippen LogP contribution >= 0.6 is 0 Å². The first-order valence-corrected chi connectivity index (χ1v) is 12.5. The number of carbonyl (C=O) groups is 1. The molecule has 0 N–H and O–H groups in total. The molecule has 1 unspecified atom stereocenters. The van der Waals surface area contributed by atoms with Gasteiger partial charge in [0.2, 0.25) is 0 Å². The van der Waals surface area contributed by atoms with Gasteiger partial charge in [-0.2, -0.15) is 5.10 Å². The van der Waals surface area contributed by atoms with Gasteiger partial charge in [-0.15, -0.1) is 0 Å². The van der Waals surface area contributed by atoms with E-state index in [-0.39, 0.29) is 16.4 Å². The molecular weight excluding hydrogens is 420 g/mol. The van der Waals surface area contributed by atoms with Crippen molar-refractivity contribution in [2.75, 3.05) is 5.75 Å². The van der Waals surface area contributed by atoms with Gasteiger partial charge in [-0.3, -0.25) is 9.48 Å². The molecule has 6 heteroatoms. The van der Waals surface area contributed by atoms with Crippen molar-refractivity contribution >= 4 is 15.6 Å². The van der Waals surface area contributed by atoms with Crippen LogP contribution in [0.3, 0.4) is 0 Å². The predicted molar refractivity (Wildman–Crippen MR) is 128 cm³/mol. The largest absolute Gasteiger partial charge is 0.291 e. The highest BCUT2D eigenvalue weighted by Crippen LogP contribution is 2.30. The molecule has 0 saturated carbocycles. The molecule has 0 aliphatic rings. The van der Waals surface area contributed by atoms with Gasteiger partial charge in [0.15, 0.2) is 15.6 Å². The Morgan fingerprint density at radius 3 is 2.09 bits per heavy atom. The first-order valence-electron chi connectivity index (χ1n) is 10.8. The van der Waals surface area contributed by atoms with E-state index in [1.54, 1.807) is 28.9 Å². The van der Waals surface area contributed by atoms with Crippen molar-refractivity contribution in [2.45, 2.75) is 64.8 Å². The Bertz CT molecular complexity index is 1230. The van der Waals surface area contributed by atoms with E-state index in [9.17, 15) is 13.2 Å². The second-order valence-corrected chi connectivity index (χ2v) is 11.6. The highest BCUT2D eigenvalue weighted by Gasteiger charge is 2.29. The Kier molecular flexibility index (Phi) is 6.47. The molecule has 0 spiro atoms. The molecule has 2 aromatic carbocycles. The minimum atomic E-state index is -3.75. The van der Waals surface area contributed by atoms with Crippen LogP contribution in [0.25, 0.3) is 0 Å². The van der Waals surface area contributed by atoms with Gasteiger partial charge in [0, 0.05) is 5.41 Å². The van der Waals surface area contributed by atoms with Crippen LogP contribution < -0.4 is 0 Å². The van der Waals surface area contributed by atoms with Crippen molar-refractivity contribution in [1.82, 2.24) is 9.78 Å². The van der Waals surface area contributed by atoms with Crippen LogP contribution in [0.15, 0.2) is 53.4 Å². The molecule has 1 aromatic heterocycles. The summed E-state index contributed by atoms with van der Waals surface area (Å²) in [4.78, 5) is 13.5. The van der Waals surface area contributed by atoms with Crippen LogP contribution in [0.2, 0.25) is 0 Å². The summed E-state index contributed by atoms with van der Waals surface area (Å²) in [7, 11) is -3.75. The van der Waals surface area contributed by atoms with Crippen molar-refractivity contribution < 1.29 is 13.2 Å². The Hall–Kier alpha value is -2.73. The van der Waals surface area contributed by atoms with Crippen molar-refractivity contribution in [3.05, 3.63) is 82.2 Å². The number of rotatable bonds is 6. The van der Waals surface area contributed by atoms with E-state index in [0.29, 0.717) is 5.69 Å². The average Bonchev–Trinajstić information content (AvgIpc) is 3.13. The molecule has 5 nitrogen and oxygen atoms in total. The van der Waals surface area contributed by atoms with Crippen molar-refractivity contribution in [2.24, 2.45) is 0 Å². The molecule has 3 aromatic rings. The zero-order chi connectivity index (χ0) is 23.8. The normalized spacial score (nSPS) is 13.2. The Labute approximate surface area is 191 Å². The summed E-state index contributed by atoms with van der Waals surface area (Å²) < 4.78 is 27.4. The van der Waals surface area contributed by atoms with Gasteiger partial charge in [-0.1, -0.05) is 56.7 Å². The number of aryl methyl sites for hydroxylation is 3. The number of ketones is 1. The maximum Gasteiger partial charge on any atom is 0.196 e. The summed E-state index contributed by atoms with van der Waals surface area (Å²) in [6.45, 7) is 14.3. The highest BCUT2D eigenvalue weighted by atomic mass is 32.2. The molecular formula is C26H32N2O3S. The zero-order valence-corrected chi connectivity index (χ0v) is 20.7. The van der Waals surface area contributed by atoms with Crippen molar-refractivity contribution in [3.63, 3.8) is 0 Å². The van der Waals surface area contributed by atoms with Crippen LogP contribution in [-0.2, 0) is 15.3 Å². The number of carbonyl (C=O) groups excluding carboxylic acids is 1. The molecule has 0 radical (unpaired) electrons. The van der Waals surface area contributed by atoms with Gasteiger partial charge in [0.1, 0.15) is 11.4 Å². The van der Waals surface area contributed by atoms with E-state index in [1.807, 2.05) is 27.7 Å². The molecule has 0 fully saturated rings. The van der Waals surface area contributed by atoms with Gasteiger partial charge in [-0.25, -0.2) is 8.42 Å². The lowest BCUT2D eigenvalue weighted by Crippen LogP contribution is -2.22. The molecule has 0 aliphatic carbocycles. The third kappa shape index (κ3) is 4.85. The van der Waals surface area contributed by atoms with E-state index in [0.717, 1.165) is 22.4 Å². The smallest absolute Gasteiger partial charge is 0.196 e. The Morgan fingerprint density at radius 1 is 1.00 bits per heavy atom. The predicted octanol–water partition coefficient (Wildman–Crippen LogP) is 5.37. The third-order valence-electron chi connectivity index (χ3n) is 5.74. The number of sulfone groups is 1. The topological polar surface area (TPSA) is 69.0 Å². The first-order chi connectivity index (χ1) is 14.8. The van der Waals surface area contributed by atoms with Gasteiger partial charge >= 0.3 is 0 Å². The minimum Gasteiger partial charge on any atom is -0.291 e. The molecule has 0 bridgehead atoms. The lowest BCUT2D eigenvalue weighted by atomic mass is 9.92. The van der Waals surface area contributed by atoms with Crippen molar-refractivity contribution in [1.29, 1.82) is 0 Å². The number of aromatic nitrogens is 2. The summed E-state index contributed by atoms with van der Waals surface area (Å²) >= 11 is 0. The van der Waals surface area contributed by atoms with E-state index in [4.69, 9.17) is 5.10 Å². The molecule has 170 valence electrons. The maximum absolute atomic E-state index is 13.3. The quantitative estimate of drug-likeness (QED) is 0.471. The van der Waals surface area contributed by atoms with Gasteiger partial charge in [-0.05, 0) is 62.6 Å².